The number of nitrogens with zero attached hydrogens (tertiary/aromatic N) is 1. The Kier molecular flexibility index (Phi) is 4.22. The van der Waals surface area contributed by atoms with Crippen molar-refractivity contribution in [3.8, 4) is 0 Å². The molecule has 0 aromatic rings. The van der Waals surface area contributed by atoms with Gasteiger partial charge in [-0.15, -0.1) is 0 Å². The molecule has 1 aliphatic carbocycles. The van der Waals surface area contributed by atoms with Crippen LogP contribution in [-0.4, -0.2) is 48.5 Å². The van der Waals surface area contributed by atoms with Crippen LogP contribution in [0, 0.1) is 11.8 Å². The Balaban J connectivity index is 1.95. The third-order valence-corrected chi connectivity index (χ3v) is 4.52. The summed E-state index contributed by atoms with van der Waals surface area (Å²) >= 11 is 0. The number of ether oxygens (including phenoxy) is 1. The molecule has 2 fully saturated rings. The van der Waals surface area contributed by atoms with Gasteiger partial charge in [-0.3, -0.25) is 4.90 Å². The molecule has 1 N–H and O–H groups in total. The van der Waals surface area contributed by atoms with Gasteiger partial charge in [0.2, 0.25) is 0 Å². The molecule has 16 heavy (non-hydrogen) atoms. The van der Waals surface area contributed by atoms with Crippen LogP contribution in [0.1, 0.15) is 33.1 Å². The molecule has 1 saturated heterocycles. The van der Waals surface area contributed by atoms with Crippen molar-refractivity contribution in [3.63, 3.8) is 0 Å². The number of morpholine rings is 1. The van der Waals surface area contributed by atoms with E-state index in [-0.39, 0.29) is 12.6 Å². The Morgan fingerprint density at radius 2 is 2.06 bits per heavy atom. The fourth-order valence-corrected chi connectivity index (χ4v) is 3.13. The van der Waals surface area contributed by atoms with Crippen LogP contribution in [0.5, 0.6) is 0 Å². The summed E-state index contributed by atoms with van der Waals surface area (Å²) in [5.74, 6) is 1.69. The van der Waals surface area contributed by atoms with Crippen molar-refractivity contribution in [2.75, 3.05) is 26.4 Å². The molecule has 2 aliphatic rings. The number of hydrogen-bond donors (Lipinski definition) is 1. The fourth-order valence-electron chi connectivity index (χ4n) is 3.13. The quantitative estimate of drug-likeness (QED) is 0.776. The molecule has 0 aromatic heterocycles. The van der Waals surface area contributed by atoms with Crippen molar-refractivity contribution < 1.29 is 9.84 Å². The average molecular weight is 227 g/mol. The Hall–Kier alpha value is -0.120. The SMILES string of the molecule is CC1CCC(N2CCOCC2CO)CC1C. The number of aliphatic hydroxyl groups excluding tert-OH is 1. The van der Waals surface area contributed by atoms with Crippen molar-refractivity contribution in [1.29, 1.82) is 0 Å². The highest BCUT2D eigenvalue weighted by atomic mass is 16.5. The first-order valence-corrected chi connectivity index (χ1v) is 6.66. The van der Waals surface area contributed by atoms with E-state index in [0.717, 1.165) is 25.0 Å². The average Bonchev–Trinajstić information content (AvgIpc) is 2.32. The summed E-state index contributed by atoms with van der Waals surface area (Å²) in [5, 5.41) is 9.39. The second-order valence-corrected chi connectivity index (χ2v) is 5.57. The van der Waals surface area contributed by atoms with Crippen molar-refractivity contribution in [1.82, 2.24) is 4.90 Å². The summed E-state index contributed by atoms with van der Waals surface area (Å²) in [6.07, 6.45) is 3.92. The zero-order chi connectivity index (χ0) is 11.5. The van der Waals surface area contributed by atoms with Crippen molar-refractivity contribution in [2.45, 2.75) is 45.2 Å². The third-order valence-electron chi connectivity index (χ3n) is 4.52. The minimum Gasteiger partial charge on any atom is -0.395 e. The topological polar surface area (TPSA) is 32.7 Å². The molecule has 1 aliphatic heterocycles. The normalized spacial score (nSPS) is 42.2. The van der Waals surface area contributed by atoms with Gasteiger partial charge >= 0.3 is 0 Å². The molecule has 1 heterocycles. The van der Waals surface area contributed by atoms with Gasteiger partial charge in [0.05, 0.1) is 25.9 Å². The van der Waals surface area contributed by atoms with Gasteiger partial charge in [-0.2, -0.15) is 0 Å². The van der Waals surface area contributed by atoms with Crippen LogP contribution < -0.4 is 0 Å². The Morgan fingerprint density at radius 1 is 1.25 bits per heavy atom. The van der Waals surface area contributed by atoms with E-state index in [1.54, 1.807) is 0 Å². The molecule has 0 radical (unpaired) electrons. The molecule has 0 aromatic carbocycles. The first kappa shape index (κ1) is 12.3. The second-order valence-electron chi connectivity index (χ2n) is 5.57. The second kappa shape index (κ2) is 5.48. The van der Waals surface area contributed by atoms with Crippen molar-refractivity contribution in [2.24, 2.45) is 11.8 Å². The summed E-state index contributed by atoms with van der Waals surface area (Å²) in [6, 6.07) is 0.909. The van der Waals surface area contributed by atoms with Gasteiger partial charge in [-0.25, -0.2) is 0 Å². The lowest BCUT2D eigenvalue weighted by atomic mass is 9.78. The standard InChI is InChI=1S/C13H25NO2/c1-10-3-4-12(7-11(10)2)14-5-6-16-9-13(14)8-15/h10-13,15H,3-9H2,1-2H3. The monoisotopic (exact) mass is 227 g/mol. The minimum atomic E-state index is 0.236. The van der Waals surface area contributed by atoms with E-state index in [9.17, 15) is 5.11 Å². The third kappa shape index (κ3) is 2.58. The summed E-state index contributed by atoms with van der Waals surface area (Å²) < 4.78 is 5.44. The van der Waals surface area contributed by atoms with Crippen LogP contribution in [-0.2, 0) is 4.74 Å². The first-order chi connectivity index (χ1) is 7.72. The van der Waals surface area contributed by atoms with Crippen LogP contribution in [0.25, 0.3) is 0 Å². The summed E-state index contributed by atoms with van der Waals surface area (Å²) in [7, 11) is 0. The van der Waals surface area contributed by atoms with Crippen LogP contribution in [0.15, 0.2) is 0 Å². The minimum absolute atomic E-state index is 0.236. The molecule has 3 nitrogen and oxygen atoms in total. The highest BCUT2D eigenvalue weighted by Gasteiger charge is 2.33. The molecule has 1 saturated carbocycles. The van der Waals surface area contributed by atoms with E-state index in [1.807, 2.05) is 0 Å². The number of hydrogen-bond acceptors (Lipinski definition) is 3. The van der Waals surface area contributed by atoms with Gasteiger partial charge in [0.15, 0.2) is 0 Å². The zero-order valence-electron chi connectivity index (χ0n) is 10.6. The van der Waals surface area contributed by atoms with E-state index in [4.69, 9.17) is 4.74 Å². The fraction of sp³-hybridized carbons (Fsp3) is 1.00. The van der Waals surface area contributed by atoms with Gasteiger partial charge in [-0.1, -0.05) is 13.8 Å². The van der Waals surface area contributed by atoms with E-state index < -0.39 is 0 Å². The molecule has 0 spiro atoms. The maximum Gasteiger partial charge on any atom is 0.0644 e. The lowest BCUT2D eigenvalue weighted by Gasteiger charge is -2.44. The van der Waals surface area contributed by atoms with E-state index in [2.05, 4.69) is 18.7 Å². The molecule has 0 amide bonds. The van der Waals surface area contributed by atoms with E-state index >= 15 is 0 Å². The summed E-state index contributed by atoms with van der Waals surface area (Å²) in [5.41, 5.74) is 0. The van der Waals surface area contributed by atoms with Crippen LogP contribution in [0.2, 0.25) is 0 Å². The van der Waals surface area contributed by atoms with Gasteiger partial charge in [0.1, 0.15) is 0 Å². The molecular weight excluding hydrogens is 202 g/mol. The molecular formula is C13H25NO2. The summed E-state index contributed by atoms with van der Waals surface area (Å²) in [6.45, 7) is 7.50. The number of rotatable bonds is 2. The Labute approximate surface area is 98.8 Å². The lowest BCUT2D eigenvalue weighted by Crippen LogP contribution is -2.53. The lowest BCUT2D eigenvalue weighted by molar-refractivity contribution is -0.0598. The molecule has 4 unspecified atom stereocenters. The largest absolute Gasteiger partial charge is 0.395 e. The van der Waals surface area contributed by atoms with Gasteiger partial charge in [0.25, 0.3) is 0 Å². The van der Waals surface area contributed by atoms with Crippen molar-refractivity contribution >= 4 is 0 Å². The molecule has 4 atom stereocenters. The predicted octanol–water partition coefficient (Wildman–Crippen LogP) is 1.50. The van der Waals surface area contributed by atoms with Gasteiger partial charge in [-0.05, 0) is 31.1 Å². The van der Waals surface area contributed by atoms with Crippen LogP contribution in [0.4, 0.5) is 0 Å². The predicted molar refractivity (Wildman–Crippen MR) is 64.4 cm³/mol. The van der Waals surface area contributed by atoms with Gasteiger partial charge in [0, 0.05) is 12.6 Å². The van der Waals surface area contributed by atoms with Gasteiger partial charge < -0.3 is 9.84 Å². The van der Waals surface area contributed by atoms with Crippen LogP contribution in [0.3, 0.4) is 0 Å². The molecule has 3 heteroatoms. The number of aliphatic hydroxyl groups is 1. The zero-order valence-corrected chi connectivity index (χ0v) is 10.6. The van der Waals surface area contributed by atoms with Crippen LogP contribution >= 0.6 is 0 Å². The van der Waals surface area contributed by atoms with E-state index in [1.165, 1.54) is 19.3 Å². The molecule has 0 bridgehead atoms. The maximum atomic E-state index is 9.39. The van der Waals surface area contributed by atoms with Crippen molar-refractivity contribution in [3.05, 3.63) is 0 Å². The first-order valence-electron chi connectivity index (χ1n) is 6.66. The Bertz CT molecular complexity index is 222. The Morgan fingerprint density at radius 3 is 2.75 bits per heavy atom. The smallest absolute Gasteiger partial charge is 0.0644 e. The van der Waals surface area contributed by atoms with E-state index in [0.29, 0.717) is 12.6 Å². The maximum absolute atomic E-state index is 9.39. The summed E-state index contributed by atoms with van der Waals surface area (Å²) in [4.78, 5) is 2.49. The molecule has 94 valence electrons. The molecule has 2 rings (SSSR count). The highest BCUT2D eigenvalue weighted by molar-refractivity contribution is 4.86. The highest BCUT2D eigenvalue weighted by Crippen LogP contribution is 2.33.